The number of nitrogens with zero attached hydrogens (tertiary/aromatic N) is 4. The summed E-state index contributed by atoms with van der Waals surface area (Å²) in [7, 11) is 0. The topological polar surface area (TPSA) is 76.9 Å². The van der Waals surface area contributed by atoms with Crippen molar-refractivity contribution in [2.24, 2.45) is 5.92 Å². The minimum absolute atomic E-state index is 0.160. The van der Waals surface area contributed by atoms with Gasteiger partial charge in [0, 0.05) is 24.4 Å². The van der Waals surface area contributed by atoms with Crippen LogP contribution in [0.25, 0.3) is 17.0 Å². The molecule has 2 aliphatic heterocycles. The number of ether oxygens (including phenoxy) is 2. The molecule has 0 radical (unpaired) electrons. The van der Waals surface area contributed by atoms with Crippen LogP contribution in [0, 0.1) is 5.92 Å². The van der Waals surface area contributed by atoms with Crippen LogP contribution < -0.4 is 0 Å². The number of rotatable bonds is 7. The van der Waals surface area contributed by atoms with Gasteiger partial charge in [-0.05, 0) is 103 Å². The maximum atomic E-state index is 12.5. The molecule has 3 aromatic rings. The highest BCUT2D eigenvalue weighted by Crippen LogP contribution is 2.34. The lowest BCUT2D eigenvalue weighted by molar-refractivity contribution is -0.156. The van der Waals surface area contributed by atoms with Crippen molar-refractivity contribution in [2.75, 3.05) is 32.7 Å². The van der Waals surface area contributed by atoms with Crippen molar-refractivity contribution in [1.29, 1.82) is 0 Å². The molecule has 0 N–H and O–H groups in total. The van der Waals surface area contributed by atoms with E-state index in [0.717, 1.165) is 55.5 Å². The molecular weight excluding hydrogens is 564 g/mol. The summed E-state index contributed by atoms with van der Waals surface area (Å²) in [6.45, 7) is 15.6. The molecular formula is C37H50N4O4. The van der Waals surface area contributed by atoms with Crippen LogP contribution in [0.15, 0.2) is 54.6 Å². The van der Waals surface area contributed by atoms with Crippen molar-refractivity contribution in [3.8, 4) is 0 Å². The van der Waals surface area contributed by atoms with Crippen LogP contribution in [0.1, 0.15) is 90.0 Å². The summed E-state index contributed by atoms with van der Waals surface area (Å²) in [6, 6.07) is 17.2. The molecule has 8 nitrogen and oxygen atoms in total. The fourth-order valence-corrected chi connectivity index (χ4v) is 6.27. The number of hydrogen-bond donors (Lipinski definition) is 0. The van der Waals surface area contributed by atoms with Gasteiger partial charge in [0.1, 0.15) is 11.2 Å². The normalized spacial score (nSPS) is 17.7. The largest absolute Gasteiger partial charge is 0.459 e. The van der Waals surface area contributed by atoms with Crippen molar-refractivity contribution >= 4 is 29.0 Å². The van der Waals surface area contributed by atoms with Gasteiger partial charge in [-0.2, -0.15) is 5.10 Å². The summed E-state index contributed by atoms with van der Waals surface area (Å²) in [5.41, 5.74) is 3.74. The Balaban J connectivity index is 1.28. The molecule has 2 fully saturated rings. The van der Waals surface area contributed by atoms with E-state index >= 15 is 0 Å². The van der Waals surface area contributed by atoms with Gasteiger partial charge in [0.05, 0.1) is 24.3 Å². The Labute approximate surface area is 268 Å². The van der Waals surface area contributed by atoms with Gasteiger partial charge in [0.25, 0.3) is 0 Å². The van der Waals surface area contributed by atoms with Crippen molar-refractivity contribution in [3.63, 3.8) is 0 Å². The summed E-state index contributed by atoms with van der Waals surface area (Å²) in [6.07, 6.45) is 8.09. The van der Waals surface area contributed by atoms with E-state index in [4.69, 9.17) is 14.6 Å². The Morgan fingerprint density at radius 3 is 2.18 bits per heavy atom. The molecule has 0 saturated carbocycles. The Hall–Kier alpha value is -3.65. The smallest absolute Gasteiger partial charge is 0.410 e. The first-order valence-corrected chi connectivity index (χ1v) is 16.5. The highest BCUT2D eigenvalue weighted by Gasteiger charge is 2.28. The first kappa shape index (κ1) is 32.7. The minimum atomic E-state index is -0.474. The third-order valence-electron chi connectivity index (χ3n) is 8.48. The zero-order valence-corrected chi connectivity index (χ0v) is 27.9. The number of fused-ring (bicyclic) bond motifs is 1. The van der Waals surface area contributed by atoms with Gasteiger partial charge in [-0.25, -0.2) is 4.79 Å². The van der Waals surface area contributed by atoms with E-state index in [1.54, 1.807) is 0 Å². The summed E-state index contributed by atoms with van der Waals surface area (Å²) in [4.78, 5) is 28.9. The first-order valence-electron chi connectivity index (χ1n) is 16.5. The second kappa shape index (κ2) is 13.8. The van der Waals surface area contributed by atoms with Crippen LogP contribution in [-0.4, -0.2) is 75.6 Å². The molecule has 0 bridgehead atoms. The van der Waals surface area contributed by atoms with E-state index in [2.05, 4.69) is 64.2 Å². The summed E-state index contributed by atoms with van der Waals surface area (Å²) >= 11 is 0. The standard InChI is InChI=1S/C37H50N4O4/c1-36(2,3)44-33(42)26-39-20-18-30(19-21-39)34-31-15-14-28(24-32(31)41(38-34)25-29-10-8-7-9-11-29)13-12-27-16-22-40(23-17-27)35(43)45-37(4,5)6/h7-15,24,27,30H,16-23,25-26H2,1-6H3/b13-12+. The molecule has 2 aromatic carbocycles. The second-order valence-electron chi connectivity index (χ2n) is 14.6. The van der Waals surface area contributed by atoms with Crippen LogP contribution >= 0.6 is 0 Å². The molecule has 45 heavy (non-hydrogen) atoms. The third-order valence-corrected chi connectivity index (χ3v) is 8.48. The lowest BCUT2D eigenvalue weighted by Crippen LogP contribution is -2.41. The van der Waals surface area contributed by atoms with Gasteiger partial charge in [-0.3, -0.25) is 14.4 Å². The molecule has 5 rings (SSSR count). The molecule has 2 aliphatic rings. The van der Waals surface area contributed by atoms with E-state index in [1.807, 2.05) is 52.5 Å². The Kier molecular flexibility index (Phi) is 10.0. The third kappa shape index (κ3) is 9.19. The molecule has 0 spiro atoms. The Morgan fingerprint density at radius 1 is 0.867 bits per heavy atom. The molecule has 8 heteroatoms. The lowest BCUT2D eigenvalue weighted by atomic mass is 9.91. The number of likely N-dealkylation sites (tertiary alicyclic amines) is 2. The van der Waals surface area contributed by atoms with Crippen molar-refractivity contribution in [1.82, 2.24) is 19.6 Å². The van der Waals surface area contributed by atoms with Crippen LogP contribution in [0.4, 0.5) is 4.79 Å². The van der Waals surface area contributed by atoms with E-state index in [0.29, 0.717) is 38.0 Å². The Morgan fingerprint density at radius 2 is 1.53 bits per heavy atom. The monoisotopic (exact) mass is 614 g/mol. The fourth-order valence-electron chi connectivity index (χ4n) is 6.27. The number of carbonyl (C=O) groups excluding carboxylic acids is 2. The predicted molar refractivity (Wildman–Crippen MR) is 179 cm³/mol. The summed E-state index contributed by atoms with van der Waals surface area (Å²) in [5, 5.41) is 6.42. The fraction of sp³-hybridized carbons (Fsp3) is 0.541. The van der Waals surface area contributed by atoms with Gasteiger partial charge >= 0.3 is 12.1 Å². The number of esters is 1. The Bertz CT molecular complexity index is 1480. The SMILES string of the molecule is CC(C)(C)OC(=O)CN1CCC(c2nn(Cc3ccccc3)c3cc(/C=C/C4CCN(C(=O)OC(C)(C)C)CC4)ccc23)CC1. The molecule has 2 saturated heterocycles. The number of allylic oxidation sites excluding steroid dienone is 1. The van der Waals surface area contributed by atoms with E-state index in [1.165, 1.54) is 10.9 Å². The van der Waals surface area contributed by atoms with Gasteiger partial charge in [0.2, 0.25) is 0 Å². The molecule has 1 aromatic heterocycles. The number of carbonyl (C=O) groups is 2. The number of hydrogen-bond acceptors (Lipinski definition) is 6. The highest BCUT2D eigenvalue weighted by molar-refractivity contribution is 5.85. The number of piperidine rings is 2. The second-order valence-corrected chi connectivity index (χ2v) is 14.6. The van der Waals surface area contributed by atoms with Crippen molar-refractivity contribution < 1.29 is 19.1 Å². The van der Waals surface area contributed by atoms with Gasteiger partial charge in [-0.15, -0.1) is 0 Å². The highest BCUT2D eigenvalue weighted by atomic mass is 16.6. The predicted octanol–water partition coefficient (Wildman–Crippen LogP) is 7.27. The molecule has 242 valence electrons. The maximum Gasteiger partial charge on any atom is 0.410 e. The van der Waals surface area contributed by atoms with Gasteiger partial charge in [-0.1, -0.05) is 54.6 Å². The number of amides is 1. The van der Waals surface area contributed by atoms with E-state index < -0.39 is 11.2 Å². The van der Waals surface area contributed by atoms with Crippen LogP contribution in [0.5, 0.6) is 0 Å². The van der Waals surface area contributed by atoms with Gasteiger partial charge < -0.3 is 14.4 Å². The average Bonchev–Trinajstić information content (AvgIpc) is 3.32. The zero-order chi connectivity index (χ0) is 32.2. The minimum Gasteiger partial charge on any atom is -0.459 e. The summed E-state index contributed by atoms with van der Waals surface area (Å²) in [5.74, 6) is 0.610. The number of benzene rings is 2. The van der Waals surface area contributed by atoms with Gasteiger partial charge in [0.15, 0.2) is 0 Å². The van der Waals surface area contributed by atoms with Crippen molar-refractivity contribution in [3.05, 3.63) is 71.4 Å². The zero-order valence-electron chi connectivity index (χ0n) is 27.9. The van der Waals surface area contributed by atoms with Crippen LogP contribution in [0.2, 0.25) is 0 Å². The van der Waals surface area contributed by atoms with Crippen LogP contribution in [0.3, 0.4) is 0 Å². The summed E-state index contributed by atoms with van der Waals surface area (Å²) < 4.78 is 13.3. The van der Waals surface area contributed by atoms with E-state index in [-0.39, 0.29) is 12.1 Å². The van der Waals surface area contributed by atoms with E-state index in [9.17, 15) is 9.59 Å². The molecule has 3 heterocycles. The van der Waals surface area contributed by atoms with Crippen LogP contribution in [-0.2, 0) is 20.8 Å². The molecule has 0 unspecified atom stereocenters. The molecule has 0 atom stereocenters. The lowest BCUT2D eigenvalue weighted by Gasteiger charge is -2.32. The average molecular weight is 615 g/mol. The van der Waals surface area contributed by atoms with Crippen molar-refractivity contribution in [2.45, 2.75) is 90.9 Å². The molecule has 1 amide bonds. The molecule has 0 aliphatic carbocycles. The number of aromatic nitrogens is 2. The maximum absolute atomic E-state index is 12.5. The quantitative estimate of drug-likeness (QED) is 0.261. The first-order chi connectivity index (χ1) is 21.3.